The summed E-state index contributed by atoms with van der Waals surface area (Å²) in [5, 5.41) is 4.76. The fourth-order valence-corrected chi connectivity index (χ4v) is 2.12. The second-order valence-corrected chi connectivity index (χ2v) is 5.50. The number of rotatable bonds is 5. The molecule has 4 nitrogen and oxygen atoms in total. The number of carbonyl (C=O) groups excluding carboxylic acids is 2. The molecule has 0 atom stereocenters. The summed E-state index contributed by atoms with van der Waals surface area (Å²) in [5.41, 5.74) is 0.762. The molecule has 0 heterocycles. The molecule has 0 bridgehead atoms. The molecular formula is C18H17F3N2O2. The molecule has 0 fully saturated rings. The molecule has 0 spiro atoms. The Morgan fingerprint density at radius 3 is 2.36 bits per heavy atom. The van der Waals surface area contributed by atoms with Crippen molar-refractivity contribution in [3.63, 3.8) is 0 Å². The van der Waals surface area contributed by atoms with Gasteiger partial charge in [0.15, 0.2) is 5.78 Å². The molecule has 25 heavy (non-hydrogen) atoms. The summed E-state index contributed by atoms with van der Waals surface area (Å²) in [6.07, 6.45) is -4.38. The van der Waals surface area contributed by atoms with Crippen molar-refractivity contribution in [3.8, 4) is 0 Å². The van der Waals surface area contributed by atoms with Crippen LogP contribution in [-0.2, 0) is 6.18 Å². The summed E-state index contributed by atoms with van der Waals surface area (Å²) in [5.74, 6) is -0.126. The van der Waals surface area contributed by atoms with E-state index < -0.39 is 17.8 Å². The van der Waals surface area contributed by atoms with E-state index in [4.69, 9.17) is 0 Å². The molecule has 2 rings (SSSR count). The van der Waals surface area contributed by atoms with E-state index in [-0.39, 0.29) is 24.4 Å². The van der Waals surface area contributed by atoms with Crippen LogP contribution in [0.25, 0.3) is 0 Å². The summed E-state index contributed by atoms with van der Waals surface area (Å²) >= 11 is 0. The molecule has 0 aliphatic heterocycles. The Hall–Kier alpha value is -2.83. The second kappa shape index (κ2) is 7.83. The first kappa shape index (κ1) is 18.5. The van der Waals surface area contributed by atoms with E-state index in [1.807, 2.05) is 19.1 Å². The third-order valence-electron chi connectivity index (χ3n) is 3.46. The molecule has 7 heteroatoms. The number of aryl methyl sites for hydroxylation is 1. The van der Waals surface area contributed by atoms with Crippen LogP contribution in [0.5, 0.6) is 0 Å². The molecule has 2 N–H and O–H groups in total. The molecule has 0 saturated heterocycles. The lowest BCUT2D eigenvalue weighted by molar-refractivity contribution is -0.137. The van der Waals surface area contributed by atoms with Crippen LogP contribution >= 0.6 is 0 Å². The van der Waals surface area contributed by atoms with Gasteiger partial charge in [0, 0.05) is 24.2 Å². The Morgan fingerprint density at radius 1 is 1.04 bits per heavy atom. The van der Waals surface area contributed by atoms with Crippen molar-refractivity contribution in [2.75, 3.05) is 11.9 Å². The van der Waals surface area contributed by atoms with Crippen molar-refractivity contribution in [3.05, 3.63) is 65.2 Å². The number of Topliss-reactive ketones (excluding diaryl/α,β-unsaturated/α-hetero) is 1. The smallest absolute Gasteiger partial charge is 0.337 e. The zero-order valence-electron chi connectivity index (χ0n) is 13.5. The first-order valence-corrected chi connectivity index (χ1v) is 7.58. The highest BCUT2D eigenvalue weighted by molar-refractivity contribution is 5.96. The van der Waals surface area contributed by atoms with Gasteiger partial charge in [-0.15, -0.1) is 0 Å². The van der Waals surface area contributed by atoms with Crippen LogP contribution in [-0.4, -0.2) is 18.4 Å². The van der Waals surface area contributed by atoms with Crippen molar-refractivity contribution in [2.24, 2.45) is 0 Å². The first-order valence-electron chi connectivity index (χ1n) is 7.58. The molecule has 0 aromatic heterocycles. The maximum Gasteiger partial charge on any atom is 0.416 e. The predicted octanol–water partition coefficient (Wildman–Crippen LogP) is 4.41. The van der Waals surface area contributed by atoms with E-state index in [9.17, 15) is 22.8 Å². The Labute approximate surface area is 143 Å². The number of hydrogen-bond donors (Lipinski definition) is 2. The summed E-state index contributed by atoms with van der Waals surface area (Å²) in [7, 11) is 0. The lowest BCUT2D eigenvalue weighted by Gasteiger charge is -2.10. The summed E-state index contributed by atoms with van der Waals surface area (Å²) in [6, 6.07) is 10.7. The van der Waals surface area contributed by atoms with Gasteiger partial charge in [0.1, 0.15) is 0 Å². The standard InChI is InChI=1S/C18H17F3N2O2/c1-12-5-7-13(8-6-12)16(24)9-10-22-17(25)23-15-4-2-3-14(11-15)18(19,20)21/h2-8,11H,9-10H2,1H3,(H2,22,23,25). The number of benzene rings is 2. The number of amides is 2. The van der Waals surface area contributed by atoms with Gasteiger partial charge in [0.25, 0.3) is 0 Å². The number of urea groups is 1. The Bertz CT molecular complexity index is 756. The van der Waals surface area contributed by atoms with Gasteiger partial charge in [-0.2, -0.15) is 13.2 Å². The Morgan fingerprint density at radius 2 is 1.72 bits per heavy atom. The van der Waals surface area contributed by atoms with Gasteiger partial charge in [0.2, 0.25) is 0 Å². The van der Waals surface area contributed by atoms with Crippen LogP contribution in [0.1, 0.15) is 27.9 Å². The first-order chi connectivity index (χ1) is 11.8. The minimum atomic E-state index is -4.48. The highest BCUT2D eigenvalue weighted by Gasteiger charge is 2.30. The number of carbonyl (C=O) groups is 2. The van der Waals surface area contributed by atoms with Crippen LogP contribution in [0.4, 0.5) is 23.7 Å². The largest absolute Gasteiger partial charge is 0.416 e. The number of hydrogen-bond acceptors (Lipinski definition) is 2. The van der Waals surface area contributed by atoms with E-state index in [2.05, 4.69) is 10.6 Å². The quantitative estimate of drug-likeness (QED) is 0.785. The summed E-state index contributed by atoms with van der Waals surface area (Å²) < 4.78 is 37.9. The zero-order chi connectivity index (χ0) is 18.4. The number of ketones is 1. The second-order valence-electron chi connectivity index (χ2n) is 5.50. The predicted molar refractivity (Wildman–Crippen MR) is 88.6 cm³/mol. The molecule has 132 valence electrons. The fraction of sp³-hybridized carbons (Fsp3) is 0.222. The topological polar surface area (TPSA) is 58.2 Å². The average Bonchev–Trinajstić information content (AvgIpc) is 2.55. The van der Waals surface area contributed by atoms with Crippen LogP contribution in [0.2, 0.25) is 0 Å². The van der Waals surface area contributed by atoms with Gasteiger partial charge in [-0.1, -0.05) is 35.9 Å². The molecule has 0 radical (unpaired) electrons. The van der Waals surface area contributed by atoms with Crippen molar-refractivity contribution in [1.82, 2.24) is 5.32 Å². The molecule has 0 saturated carbocycles. The van der Waals surface area contributed by atoms with E-state index >= 15 is 0 Å². The van der Waals surface area contributed by atoms with Crippen LogP contribution < -0.4 is 10.6 Å². The lowest BCUT2D eigenvalue weighted by atomic mass is 10.1. The van der Waals surface area contributed by atoms with Gasteiger partial charge in [0.05, 0.1) is 5.56 Å². The molecule has 0 aliphatic rings. The number of anilines is 1. The highest BCUT2D eigenvalue weighted by Crippen LogP contribution is 2.30. The minimum Gasteiger partial charge on any atom is -0.337 e. The maximum absolute atomic E-state index is 12.6. The van der Waals surface area contributed by atoms with Gasteiger partial charge < -0.3 is 10.6 Å². The van der Waals surface area contributed by atoms with Crippen molar-refractivity contribution >= 4 is 17.5 Å². The van der Waals surface area contributed by atoms with E-state index in [0.717, 1.165) is 17.7 Å². The maximum atomic E-state index is 12.6. The molecule has 0 unspecified atom stereocenters. The third-order valence-corrected chi connectivity index (χ3v) is 3.46. The van der Waals surface area contributed by atoms with Crippen LogP contribution in [0, 0.1) is 6.92 Å². The SMILES string of the molecule is Cc1ccc(C(=O)CCNC(=O)Nc2cccc(C(F)(F)F)c2)cc1. The van der Waals surface area contributed by atoms with Gasteiger partial charge in [-0.3, -0.25) is 4.79 Å². The van der Waals surface area contributed by atoms with Crippen LogP contribution in [0.3, 0.4) is 0 Å². The number of alkyl halides is 3. The molecular weight excluding hydrogens is 333 g/mol. The molecule has 2 amide bonds. The Balaban J connectivity index is 1.83. The van der Waals surface area contributed by atoms with Gasteiger partial charge >= 0.3 is 12.2 Å². The Kier molecular flexibility index (Phi) is 5.80. The van der Waals surface area contributed by atoms with Crippen LogP contribution in [0.15, 0.2) is 48.5 Å². The van der Waals surface area contributed by atoms with E-state index in [1.165, 1.54) is 12.1 Å². The zero-order valence-corrected chi connectivity index (χ0v) is 13.5. The summed E-state index contributed by atoms with van der Waals surface area (Å²) in [6.45, 7) is 1.99. The normalized spacial score (nSPS) is 11.0. The van der Waals surface area contributed by atoms with E-state index in [0.29, 0.717) is 5.56 Å². The molecule has 0 aliphatic carbocycles. The lowest BCUT2D eigenvalue weighted by Crippen LogP contribution is -2.30. The van der Waals surface area contributed by atoms with Crippen molar-refractivity contribution in [2.45, 2.75) is 19.5 Å². The minimum absolute atomic E-state index is 0.0252. The number of nitrogens with one attached hydrogen (secondary N) is 2. The fourth-order valence-electron chi connectivity index (χ4n) is 2.12. The van der Waals surface area contributed by atoms with Crippen molar-refractivity contribution in [1.29, 1.82) is 0 Å². The van der Waals surface area contributed by atoms with Gasteiger partial charge in [-0.05, 0) is 25.1 Å². The monoisotopic (exact) mass is 350 g/mol. The van der Waals surface area contributed by atoms with Crippen molar-refractivity contribution < 1.29 is 22.8 Å². The van der Waals surface area contributed by atoms with Gasteiger partial charge in [-0.25, -0.2) is 4.79 Å². The molecule has 2 aromatic rings. The highest BCUT2D eigenvalue weighted by atomic mass is 19.4. The average molecular weight is 350 g/mol. The van der Waals surface area contributed by atoms with E-state index in [1.54, 1.807) is 12.1 Å². The molecule has 2 aromatic carbocycles. The number of halogens is 3. The summed E-state index contributed by atoms with van der Waals surface area (Å²) in [4.78, 5) is 23.7. The third kappa shape index (κ3) is 5.63.